The molecule has 1 heterocycles. The summed E-state index contributed by atoms with van der Waals surface area (Å²) in [5, 5.41) is 10.7. The molecule has 62 valence electrons. The van der Waals surface area contributed by atoms with Crippen LogP contribution in [0.25, 0.3) is 0 Å². The average Bonchev–Trinajstić information content (AvgIpc) is 2.04. The number of halogens is 1. The maximum Gasteiger partial charge on any atom is 0.116 e. The number of nitrogens with zero attached hydrogens (tertiary/aromatic N) is 2. The third-order valence-electron chi connectivity index (χ3n) is 1.72. The summed E-state index contributed by atoms with van der Waals surface area (Å²) in [5.74, 6) is 0. The highest BCUT2D eigenvalue weighted by atomic mass is 35.5. The summed E-state index contributed by atoms with van der Waals surface area (Å²) in [4.78, 5) is 3.99. The molecule has 0 unspecified atom stereocenters. The van der Waals surface area contributed by atoms with Gasteiger partial charge in [0, 0.05) is 5.56 Å². The Morgan fingerprint density at radius 2 is 2.33 bits per heavy atom. The van der Waals surface area contributed by atoms with Crippen molar-refractivity contribution in [1.29, 1.82) is 0 Å². The van der Waals surface area contributed by atoms with Gasteiger partial charge >= 0.3 is 0 Å². The SMILES string of the molecule is ON1C=Nc2c(Cl)cccc2C1. The van der Waals surface area contributed by atoms with E-state index in [1.54, 1.807) is 6.07 Å². The number of rotatable bonds is 0. The number of para-hydroxylation sites is 1. The third-order valence-corrected chi connectivity index (χ3v) is 2.03. The standard InChI is InChI=1S/C8H7ClN2O/c9-7-3-1-2-6-4-11(12)5-10-8(6)7/h1-3,5,12H,4H2. The lowest BCUT2D eigenvalue weighted by molar-refractivity contribution is -0.0178. The zero-order valence-electron chi connectivity index (χ0n) is 6.24. The van der Waals surface area contributed by atoms with Gasteiger partial charge in [-0.1, -0.05) is 23.7 Å². The molecule has 0 amide bonds. The van der Waals surface area contributed by atoms with Gasteiger partial charge in [0.15, 0.2) is 0 Å². The highest BCUT2D eigenvalue weighted by Gasteiger charge is 2.11. The third kappa shape index (κ3) is 1.17. The summed E-state index contributed by atoms with van der Waals surface area (Å²) < 4.78 is 0. The first kappa shape index (κ1) is 7.58. The van der Waals surface area contributed by atoms with Gasteiger partial charge < -0.3 is 0 Å². The zero-order chi connectivity index (χ0) is 8.55. The molecule has 0 aliphatic carbocycles. The monoisotopic (exact) mass is 182 g/mol. The van der Waals surface area contributed by atoms with Gasteiger partial charge in [-0.25, -0.2) is 10.1 Å². The lowest BCUT2D eigenvalue weighted by Crippen LogP contribution is -2.19. The van der Waals surface area contributed by atoms with Gasteiger partial charge in [0.05, 0.1) is 17.3 Å². The summed E-state index contributed by atoms with van der Waals surface area (Å²) in [7, 11) is 0. The Bertz CT molecular complexity index is 338. The molecule has 0 bridgehead atoms. The lowest BCUT2D eigenvalue weighted by atomic mass is 10.1. The van der Waals surface area contributed by atoms with E-state index >= 15 is 0 Å². The van der Waals surface area contributed by atoms with E-state index in [-0.39, 0.29) is 0 Å². The predicted molar refractivity (Wildman–Crippen MR) is 46.9 cm³/mol. The fraction of sp³-hybridized carbons (Fsp3) is 0.125. The first-order valence-corrected chi connectivity index (χ1v) is 3.92. The van der Waals surface area contributed by atoms with E-state index in [0.29, 0.717) is 11.6 Å². The van der Waals surface area contributed by atoms with Gasteiger partial charge in [0.2, 0.25) is 0 Å². The number of hydrogen-bond donors (Lipinski definition) is 1. The van der Waals surface area contributed by atoms with Crippen molar-refractivity contribution >= 4 is 23.6 Å². The molecule has 2 rings (SSSR count). The van der Waals surface area contributed by atoms with E-state index in [9.17, 15) is 0 Å². The molecule has 0 saturated carbocycles. The summed E-state index contributed by atoms with van der Waals surface area (Å²) >= 11 is 5.88. The Labute approximate surface area is 74.9 Å². The van der Waals surface area contributed by atoms with E-state index in [0.717, 1.165) is 16.3 Å². The Morgan fingerprint density at radius 3 is 3.17 bits per heavy atom. The smallest absolute Gasteiger partial charge is 0.116 e. The number of hydrogen-bond acceptors (Lipinski definition) is 3. The van der Waals surface area contributed by atoms with Crippen molar-refractivity contribution < 1.29 is 5.21 Å². The molecular formula is C8H7ClN2O. The van der Waals surface area contributed by atoms with Crippen LogP contribution < -0.4 is 0 Å². The number of benzene rings is 1. The van der Waals surface area contributed by atoms with Crippen molar-refractivity contribution in [3.8, 4) is 0 Å². The Kier molecular flexibility index (Phi) is 1.75. The molecule has 0 atom stereocenters. The molecule has 0 saturated heterocycles. The fourth-order valence-corrected chi connectivity index (χ4v) is 1.41. The van der Waals surface area contributed by atoms with E-state index in [1.807, 2.05) is 12.1 Å². The summed E-state index contributed by atoms with van der Waals surface area (Å²) in [6.07, 6.45) is 1.36. The maximum atomic E-state index is 9.09. The van der Waals surface area contributed by atoms with Crippen molar-refractivity contribution in [2.75, 3.05) is 0 Å². The van der Waals surface area contributed by atoms with Crippen molar-refractivity contribution in [3.63, 3.8) is 0 Å². The topological polar surface area (TPSA) is 35.8 Å². The number of hydroxylamine groups is 2. The highest BCUT2D eigenvalue weighted by Crippen LogP contribution is 2.31. The highest BCUT2D eigenvalue weighted by molar-refractivity contribution is 6.33. The first-order valence-electron chi connectivity index (χ1n) is 3.54. The van der Waals surface area contributed by atoms with E-state index in [2.05, 4.69) is 4.99 Å². The first-order chi connectivity index (χ1) is 5.77. The average molecular weight is 183 g/mol. The Balaban J connectivity index is 2.53. The molecular weight excluding hydrogens is 176 g/mol. The second-order valence-electron chi connectivity index (χ2n) is 2.59. The molecule has 1 aliphatic rings. The van der Waals surface area contributed by atoms with Crippen molar-refractivity contribution in [2.24, 2.45) is 4.99 Å². The van der Waals surface area contributed by atoms with Crippen LogP contribution in [0, 0.1) is 0 Å². The normalized spacial score (nSPS) is 14.7. The van der Waals surface area contributed by atoms with Gasteiger partial charge in [-0.05, 0) is 6.07 Å². The second kappa shape index (κ2) is 2.77. The molecule has 0 aromatic heterocycles. The molecule has 0 spiro atoms. The predicted octanol–water partition coefficient (Wildman–Crippen LogP) is 2.20. The van der Waals surface area contributed by atoms with Crippen LogP contribution in [-0.2, 0) is 6.54 Å². The van der Waals surface area contributed by atoms with E-state index in [1.165, 1.54) is 6.34 Å². The van der Waals surface area contributed by atoms with Crippen LogP contribution in [0.4, 0.5) is 5.69 Å². The van der Waals surface area contributed by atoms with Crippen LogP contribution in [0.5, 0.6) is 0 Å². The molecule has 12 heavy (non-hydrogen) atoms. The van der Waals surface area contributed by atoms with Crippen LogP contribution in [0.2, 0.25) is 5.02 Å². The molecule has 1 aliphatic heterocycles. The minimum atomic E-state index is 0.444. The van der Waals surface area contributed by atoms with Gasteiger partial charge in [-0.2, -0.15) is 0 Å². The molecule has 3 nitrogen and oxygen atoms in total. The van der Waals surface area contributed by atoms with Crippen LogP contribution >= 0.6 is 11.6 Å². The summed E-state index contributed by atoms with van der Waals surface area (Å²) in [6, 6.07) is 5.52. The molecule has 1 aromatic rings. The molecule has 1 N–H and O–H groups in total. The van der Waals surface area contributed by atoms with Crippen molar-refractivity contribution in [1.82, 2.24) is 5.06 Å². The Morgan fingerprint density at radius 1 is 1.50 bits per heavy atom. The minimum absolute atomic E-state index is 0.444. The van der Waals surface area contributed by atoms with Gasteiger partial charge in [0.1, 0.15) is 6.34 Å². The number of aliphatic imine (C=N–C) groups is 1. The largest absolute Gasteiger partial charge is 0.287 e. The van der Waals surface area contributed by atoms with Crippen molar-refractivity contribution in [2.45, 2.75) is 6.54 Å². The number of fused-ring (bicyclic) bond motifs is 1. The van der Waals surface area contributed by atoms with Gasteiger partial charge in [-0.15, -0.1) is 0 Å². The Hall–Kier alpha value is -1.06. The molecule has 0 fully saturated rings. The van der Waals surface area contributed by atoms with Crippen molar-refractivity contribution in [3.05, 3.63) is 28.8 Å². The van der Waals surface area contributed by atoms with Crippen LogP contribution in [-0.4, -0.2) is 16.6 Å². The van der Waals surface area contributed by atoms with Crippen LogP contribution in [0.3, 0.4) is 0 Å². The van der Waals surface area contributed by atoms with Gasteiger partial charge in [0.25, 0.3) is 0 Å². The maximum absolute atomic E-state index is 9.09. The minimum Gasteiger partial charge on any atom is -0.287 e. The zero-order valence-corrected chi connectivity index (χ0v) is 6.99. The van der Waals surface area contributed by atoms with Crippen LogP contribution in [0.1, 0.15) is 5.56 Å². The molecule has 0 radical (unpaired) electrons. The molecule has 1 aromatic carbocycles. The molecule has 4 heteroatoms. The fourth-order valence-electron chi connectivity index (χ4n) is 1.17. The van der Waals surface area contributed by atoms with Crippen LogP contribution in [0.15, 0.2) is 23.2 Å². The second-order valence-corrected chi connectivity index (χ2v) is 3.00. The summed E-state index contributed by atoms with van der Waals surface area (Å²) in [6.45, 7) is 0.444. The van der Waals surface area contributed by atoms with E-state index in [4.69, 9.17) is 16.8 Å². The quantitative estimate of drug-likeness (QED) is 0.668. The van der Waals surface area contributed by atoms with Gasteiger partial charge in [-0.3, -0.25) is 5.21 Å². The van der Waals surface area contributed by atoms with E-state index < -0.39 is 0 Å². The summed E-state index contributed by atoms with van der Waals surface area (Å²) in [5.41, 5.74) is 1.69. The lowest BCUT2D eigenvalue weighted by Gasteiger charge is -2.17.